The van der Waals surface area contributed by atoms with Crippen molar-refractivity contribution in [2.24, 2.45) is 11.5 Å². The summed E-state index contributed by atoms with van der Waals surface area (Å²) in [6.45, 7) is 1.47. The summed E-state index contributed by atoms with van der Waals surface area (Å²) in [5.41, 5.74) is 12.4. The monoisotopic (exact) mass is 314 g/mol. The fraction of sp³-hybridized carbons (Fsp3) is 0.455. The molecule has 0 atom stereocenters. The summed E-state index contributed by atoms with van der Waals surface area (Å²) in [5, 5.41) is 0. The number of thioether (sulfide) groups is 2. The summed E-state index contributed by atoms with van der Waals surface area (Å²) in [4.78, 5) is 0. The van der Waals surface area contributed by atoms with Crippen LogP contribution in [0.15, 0.2) is 30.3 Å². The number of halogens is 2. The molecule has 0 amide bonds. The predicted molar refractivity (Wildman–Crippen MR) is 86.7 cm³/mol. The van der Waals surface area contributed by atoms with E-state index in [1.54, 1.807) is 0 Å². The first-order valence-corrected chi connectivity index (χ1v) is 7.16. The highest BCUT2D eigenvalue weighted by molar-refractivity contribution is 8.16. The largest absolute Gasteiger partial charge is 0.330 e. The van der Waals surface area contributed by atoms with E-state index in [1.807, 2.05) is 29.6 Å². The Kier molecular flexibility index (Phi) is 14.9. The van der Waals surface area contributed by atoms with Gasteiger partial charge >= 0.3 is 0 Å². The van der Waals surface area contributed by atoms with Gasteiger partial charge in [0.15, 0.2) is 0 Å². The van der Waals surface area contributed by atoms with Gasteiger partial charge in [-0.1, -0.05) is 30.3 Å². The van der Waals surface area contributed by atoms with Crippen LogP contribution >= 0.6 is 48.3 Å². The van der Waals surface area contributed by atoms with Crippen LogP contribution < -0.4 is 11.5 Å². The normalized spacial score (nSPS) is 9.59. The molecule has 0 saturated carbocycles. The number of nitrogens with two attached hydrogens (primary N) is 2. The van der Waals surface area contributed by atoms with Crippen LogP contribution in [0.4, 0.5) is 0 Å². The van der Waals surface area contributed by atoms with Crippen LogP contribution in [0.1, 0.15) is 10.1 Å². The Hall–Kier alpha value is 0.420. The highest BCUT2D eigenvalue weighted by Crippen LogP contribution is 2.38. The molecule has 17 heavy (non-hydrogen) atoms. The van der Waals surface area contributed by atoms with Gasteiger partial charge in [-0.05, 0) is 5.56 Å². The lowest BCUT2D eigenvalue weighted by Crippen LogP contribution is -2.06. The highest BCUT2D eigenvalue weighted by atomic mass is 35.5. The molecule has 0 heterocycles. The van der Waals surface area contributed by atoms with Gasteiger partial charge in [0.25, 0.3) is 0 Å². The molecular formula is C11H20Cl2N2S2. The molecule has 0 unspecified atom stereocenters. The quantitative estimate of drug-likeness (QED) is 0.760. The molecular weight excluding hydrogens is 295 g/mol. The maximum atomic E-state index is 5.53. The van der Waals surface area contributed by atoms with Gasteiger partial charge in [-0.2, -0.15) is 0 Å². The third-order valence-corrected chi connectivity index (χ3v) is 4.76. The first-order valence-electron chi connectivity index (χ1n) is 5.06. The molecule has 0 spiro atoms. The fourth-order valence-electron chi connectivity index (χ4n) is 1.20. The first kappa shape index (κ1) is 19.8. The summed E-state index contributed by atoms with van der Waals surface area (Å²) < 4.78 is 0.471. The molecule has 0 aliphatic rings. The minimum atomic E-state index is 0. The lowest BCUT2D eigenvalue weighted by molar-refractivity contribution is 1.14. The standard InChI is InChI=1S/C11H18N2S2.2ClH/c12-6-8-14-11(15-9-7-13)10-4-2-1-3-5-10;;/h1-5,11H,6-9,12-13H2;2*1H. The van der Waals surface area contributed by atoms with Gasteiger partial charge in [0.2, 0.25) is 0 Å². The lowest BCUT2D eigenvalue weighted by Gasteiger charge is -2.15. The summed E-state index contributed by atoms with van der Waals surface area (Å²) in [5.74, 6) is 1.99. The predicted octanol–water partition coefficient (Wildman–Crippen LogP) is 2.91. The van der Waals surface area contributed by atoms with Gasteiger partial charge in [0, 0.05) is 24.6 Å². The van der Waals surface area contributed by atoms with E-state index >= 15 is 0 Å². The Morgan fingerprint density at radius 2 is 1.35 bits per heavy atom. The van der Waals surface area contributed by atoms with Crippen molar-refractivity contribution in [2.45, 2.75) is 4.58 Å². The van der Waals surface area contributed by atoms with Crippen molar-refractivity contribution in [3.63, 3.8) is 0 Å². The number of rotatable bonds is 7. The molecule has 0 bridgehead atoms. The van der Waals surface area contributed by atoms with Crippen molar-refractivity contribution in [1.29, 1.82) is 0 Å². The molecule has 6 heteroatoms. The van der Waals surface area contributed by atoms with Crippen LogP contribution in [0.3, 0.4) is 0 Å². The molecule has 0 aliphatic carbocycles. The van der Waals surface area contributed by atoms with Crippen molar-refractivity contribution >= 4 is 48.3 Å². The van der Waals surface area contributed by atoms with Crippen molar-refractivity contribution in [1.82, 2.24) is 0 Å². The van der Waals surface area contributed by atoms with Crippen LogP contribution in [0.5, 0.6) is 0 Å². The van der Waals surface area contributed by atoms with E-state index in [0.717, 1.165) is 24.6 Å². The molecule has 2 nitrogen and oxygen atoms in total. The van der Waals surface area contributed by atoms with Crippen LogP contribution in [0.25, 0.3) is 0 Å². The molecule has 0 aliphatic heterocycles. The Bertz CT molecular complexity index is 255. The van der Waals surface area contributed by atoms with Gasteiger partial charge in [-0.3, -0.25) is 0 Å². The minimum absolute atomic E-state index is 0. The molecule has 1 rings (SSSR count). The first-order chi connectivity index (χ1) is 7.38. The molecule has 0 aromatic heterocycles. The fourth-order valence-corrected chi connectivity index (χ4v) is 3.56. The molecule has 0 radical (unpaired) electrons. The van der Waals surface area contributed by atoms with E-state index < -0.39 is 0 Å². The minimum Gasteiger partial charge on any atom is -0.330 e. The zero-order valence-corrected chi connectivity index (χ0v) is 12.8. The molecule has 0 saturated heterocycles. The topological polar surface area (TPSA) is 52.0 Å². The lowest BCUT2D eigenvalue weighted by atomic mass is 10.2. The molecule has 4 N–H and O–H groups in total. The van der Waals surface area contributed by atoms with E-state index in [1.165, 1.54) is 5.56 Å². The van der Waals surface area contributed by atoms with Crippen LogP contribution in [0.2, 0.25) is 0 Å². The van der Waals surface area contributed by atoms with E-state index in [-0.39, 0.29) is 24.8 Å². The van der Waals surface area contributed by atoms with Crippen molar-refractivity contribution in [2.75, 3.05) is 24.6 Å². The zero-order valence-electron chi connectivity index (χ0n) is 9.58. The molecule has 1 aromatic rings. The highest BCUT2D eigenvalue weighted by Gasteiger charge is 2.10. The van der Waals surface area contributed by atoms with E-state index in [2.05, 4.69) is 24.3 Å². The Balaban J connectivity index is 0. The Labute approximate surface area is 124 Å². The summed E-state index contributed by atoms with van der Waals surface area (Å²) in [6, 6.07) is 10.5. The SMILES string of the molecule is Cl.Cl.NCCSC(SCCN)c1ccccc1. The van der Waals surface area contributed by atoms with Gasteiger partial charge in [0.1, 0.15) is 0 Å². The molecule has 0 fully saturated rings. The number of hydrogen-bond donors (Lipinski definition) is 2. The smallest absolute Gasteiger partial charge is 0.0752 e. The van der Waals surface area contributed by atoms with Gasteiger partial charge in [0.05, 0.1) is 4.58 Å². The number of benzene rings is 1. The second-order valence-electron chi connectivity index (χ2n) is 3.06. The molecule has 100 valence electrons. The molecule has 1 aromatic carbocycles. The Morgan fingerprint density at radius 1 is 0.882 bits per heavy atom. The third kappa shape index (κ3) is 8.19. The van der Waals surface area contributed by atoms with E-state index in [0.29, 0.717) is 4.58 Å². The zero-order chi connectivity index (χ0) is 10.9. The van der Waals surface area contributed by atoms with E-state index in [4.69, 9.17) is 11.5 Å². The second kappa shape index (κ2) is 12.9. The average Bonchev–Trinajstić information content (AvgIpc) is 2.30. The third-order valence-electron chi connectivity index (χ3n) is 1.85. The van der Waals surface area contributed by atoms with Gasteiger partial charge in [-0.25, -0.2) is 0 Å². The van der Waals surface area contributed by atoms with Crippen LogP contribution in [-0.4, -0.2) is 24.6 Å². The maximum absolute atomic E-state index is 5.53. The Morgan fingerprint density at radius 3 is 1.76 bits per heavy atom. The van der Waals surface area contributed by atoms with Gasteiger partial charge < -0.3 is 11.5 Å². The van der Waals surface area contributed by atoms with Gasteiger partial charge in [-0.15, -0.1) is 48.3 Å². The van der Waals surface area contributed by atoms with Crippen LogP contribution in [0, 0.1) is 0 Å². The second-order valence-corrected chi connectivity index (χ2v) is 5.79. The van der Waals surface area contributed by atoms with Crippen molar-refractivity contribution < 1.29 is 0 Å². The maximum Gasteiger partial charge on any atom is 0.0752 e. The summed E-state index contributed by atoms with van der Waals surface area (Å²) in [6.07, 6.45) is 0. The average molecular weight is 315 g/mol. The van der Waals surface area contributed by atoms with Crippen molar-refractivity contribution in [3.05, 3.63) is 35.9 Å². The summed E-state index contributed by atoms with van der Waals surface area (Å²) in [7, 11) is 0. The van der Waals surface area contributed by atoms with Crippen LogP contribution in [-0.2, 0) is 0 Å². The summed E-state index contributed by atoms with van der Waals surface area (Å²) >= 11 is 3.79. The number of hydrogen-bond acceptors (Lipinski definition) is 4. The van der Waals surface area contributed by atoms with Crippen molar-refractivity contribution in [3.8, 4) is 0 Å². The van der Waals surface area contributed by atoms with E-state index in [9.17, 15) is 0 Å².